The number of aryl methyl sites for hydroxylation is 1. The molecule has 0 aliphatic carbocycles. The maximum Gasteiger partial charge on any atom is 0.286 e. The number of rotatable bonds is 6. The molecule has 0 bridgehead atoms. The smallest absolute Gasteiger partial charge is 0.286 e. The van der Waals surface area contributed by atoms with Crippen molar-refractivity contribution in [2.75, 3.05) is 16.3 Å². The largest absolute Gasteiger partial charge is 0.347 e. The van der Waals surface area contributed by atoms with Crippen LogP contribution in [0.3, 0.4) is 0 Å². The highest BCUT2D eigenvalue weighted by molar-refractivity contribution is 9.10. The van der Waals surface area contributed by atoms with Crippen LogP contribution in [0.15, 0.2) is 56.4 Å². The molecule has 0 unspecified atom stereocenters. The number of anilines is 2. The fourth-order valence-corrected chi connectivity index (χ4v) is 5.66. The molecule has 0 saturated heterocycles. The zero-order chi connectivity index (χ0) is 23.3. The first-order chi connectivity index (χ1) is 14.9. The van der Waals surface area contributed by atoms with Crippen molar-refractivity contribution in [2.45, 2.75) is 31.7 Å². The predicted molar refractivity (Wildman–Crippen MR) is 131 cm³/mol. The van der Waals surface area contributed by atoms with E-state index in [0.717, 1.165) is 34.6 Å². The average molecular weight is 539 g/mol. The highest BCUT2D eigenvalue weighted by atomic mass is 79.9. The third kappa shape index (κ3) is 4.69. The third-order valence-electron chi connectivity index (χ3n) is 5.07. The zero-order valence-corrected chi connectivity index (χ0v) is 21.0. The van der Waals surface area contributed by atoms with E-state index in [1.165, 1.54) is 18.2 Å². The Morgan fingerprint density at radius 1 is 1.19 bits per heavy atom. The predicted octanol–water partition coefficient (Wildman–Crippen LogP) is 4.38. The zero-order valence-electron chi connectivity index (χ0n) is 17.8. The maximum atomic E-state index is 13.0. The van der Waals surface area contributed by atoms with Gasteiger partial charge in [-0.1, -0.05) is 29.8 Å². The number of fused-ring (bicyclic) bond motifs is 2. The molecule has 3 aromatic rings. The van der Waals surface area contributed by atoms with Crippen LogP contribution in [0.4, 0.5) is 11.4 Å². The molecule has 1 aromatic heterocycles. The standard InChI is InChI=1S/C21H23BrN4O4S2/c1-13(2)8-9-26-12-17(16-10-14(22)4-7-19(16)26)21-23-18-6-5-15(24-31(3,27)28)11-20(18)32(29,30)25-21/h4-7,10-13,24H,8-9H2,1-3H3,(H,23,25). The number of sulfonamides is 2. The summed E-state index contributed by atoms with van der Waals surface area (Å²) in [5.41, 5.74) is 2.17. The van der Waals surface area contributed by atoms with E-state index in [-0.39, 0.29) is 16.4 Å². The Morgan fingerprint density at radius 3 is 2.62 bits per heavy atom. The number of nitrogens with one attached hydrogen (secondary N) is 2. The van der Waals surface area contributed by atoms with Gasteiger partial charge in [-0.2, -0.15) is 8.42 Å². The van der Waals surface area contributed by atoms with Gasteiger partial charge in [-0.15, -0.1) is 4.40 Å². The van der Waals surface area contributed by atoms with Crippen molar-refractivity contribution in [3.05, 3.63) is 52.6 Å². The highest BCUT2D eigenvalue weighted by Crippen LogP contribution is 2.34. The summed E-state index contributed by atoms with van der Waals surface area (Å²) < 4.78 is 58.3. The average Bonchev–Trinajstić information content (AvgIpc) is 3.03. The fourth-order valence-electron chi connectivity index (χ4n) is 3.59. The summed E-state index contributed by atoms with van der Waals surface area (Å²) in [6, 6.07) is 10.2. The van der Waals surface area contributed by atoms with Gasteiger partial charge in [0.1, 0.15) is 4.90 Å². The molecule has 2 heterocycles. The van der Waals surface area contributed by atoms with Crippen molar-refractivity contribution in [1.29, 1.82) is 0 Å². The van der Waals surface area contributed by atoms with E-state index >= 15 is 0 Å². The molecule has 2 N–H and O–H groups in total. The van der Waals surface area contributed by atoms with E-state index in [1.807, 2.05) is 24.4 Å². The molecule has 1 aliphatic rings. The van der Waals surface area contributed by atoms with E-state index < -0.39 is 20.0 Å². The van der Waals surface area contributed by atoms with Gasteiger partial charge in [0.05, 0.1) is 11.9 Å². The Bertz CT molecular complexity index is 1460. The van der Waals surface area contributed by atoms with Crippen LogP contribution >= 0.6 is 15.9 Å². The molecular formula is C21H23BrN4O4S2. The van der Waals surface area contributed by atoms with Crippen LogP contribution < -0.4 is 10.0 Å². The van der Waals surface area contributed by atoms with Gasteiger partial charge in [-0.3, -0.25) is 4.72 Å². The van der Waals surface area contributed by atoms with Gasteiger partial charge in [0.2, 0.25) is 10.0 Å². The first-order valence-electron chi connectivity index (χ1n) is 9.95. The summed E-state index contributed by atoms with van der Waals surface area (Å²) in [6.07, 6.45) is 3.91. The summed E-state index contributed by atoms with van der Waals surface area (Å²) in [7, 11) is -7.58. The third-order valence-corrected chi connectivity index (χ3v) is 7.49. The van der Waals surface area contributed by atoms with Crippen LogP contribution in [0.25, 0.3) is 10.9 Å². The molecule has 0 atom stereocenters. The number of hydrogen-bond donors (Lipinski definition) is 2. The topological polar surface area (TPSA) is 110 Å². The van der Waals surface area contributed by atoms with Gasteiger partial charge in [-0.25, -0.2) is 8.42 Å². The van der Waals surface area contributed by atoms with Gasteiger partial charge in [0.25, 0.3) is 10.0 Å². The molecule has 2 aromatic carbocycles. The number of benzene rings is 2. The lowest BCUT2D eigenvalue weighted by Crippen LogP contribution is -2.22. The molecule has 4 rings (SSSR count). The Hall–Kier alpha value is -2.37. The molecule has 32 heavy (non-hydrogen) atoms. The van der Waals surface area contributed by atoms with Crippen molar-refractivity contribution in [3.8, 4) is 0 Å². The monoisotopic (exact) mass is 538 g/mol. The van der Waals surface area contributed by atoms with Gasteiger partial charge in [0, 0.05) is 39.4 Å². The second kappa shape index (κ2) is 8.20. The van der Waals surface area contributed by atoms with E-state index in [9.17, 15) is 16.8 Å². The molecule has 0 radical (unpaired) electrons. The number of aromatic nitrogens is 1. The van der Waals surface area contributed by atoms with Crippen molar-refractivity contribution in [1.82, 2.24) is 4.57 Å². The minimum atomic E-state index is -4.04. The normalized spacial score (nSPS) is 15.3. The Kier molecular flexibility index (Phi) is 5.84. The van der Waals surface area contributed by atoms with Crippen molar-refractivity contribution in [3.63, 3.8) is 0 Å². The second-order valence-electron chi connectivity index (χ2n) is 8.21. The molecule has 0 amide bonds. The van der Waals surface area contributed by atoms with E-state index in [1.54, 1.807) is 0 Å². The van der Waals surface area contributed by atoms with Crippen molar-refractivity contribution in [2.24, 2.45) is 10.3 Å². The molecule has 8 nitrogen and oxygen atoms in total. The van der Waals surface area contributed by atoms with Crippen LogP contribution in [0.2, 0.25) is 0 Å². The molecule has 11 heteroatoms. The molecular weight excluding hydrogens is 516 g/mol. The first kappa shape index (κ1) is 22.8. The van der Waals surface area contributed by atoms with Gasteiger partial charge in [0.15, 0.2) is 5.84 Å². The highest BCUT2D eigenvalue weighted by Gasteiger charge is 2.28. The van der Waals surface area contributed by atoms with Crippen LogP contribution in [0.1, 0.15) is 25.8 Å². The fraction of sp³-hybridized carbons (Fsp3) is 0.286. The van der Waals surface area contributed by atoms with Crippen LogP contribution in [0.5, 0.6) is 0 Å². The molecule has 1 aliphatic heterocycles. The van der Waals surface area contributed by atoms with Crippen LogP contribution in [-0.4, -0.2) is 33.5 Å². The second-order valence-corrected chi connectivity index (χ2v) is 12.4. The SMILES string of the molecule is CC(C)CCn1cc(C2=NS(=O)(=O)c3cc(NS(C)(=O)=O)ccc3N2)c2cc(Br)ccc21. The minimum Gasteiger partial charge on any atom is -0.347 e. The number of hydrogen-bond acceptors (Lipinski definition) is 5. The summed E-state index contributed by atoms with van der Waals surface area (Å²) >= 11 is 3.50. The summed E-state index contributed by atoms with van der Waals surface area (Å²) in [4.78, 5) is -0.0837. The Morgan fingerprint density at radius 2 is 1.94 bits per heavy atom. The van der Waals surface area contributed by atoms with Crippen LogP contribution in [0, 0.1) is 5.92 Å². The number of halogens is 1. The Labute approximate surface area is 196 Å². The van der Waals surface area contributed by atoms with Gasteiger partial charge < -0.3 is 9.88 Å². The molecule has 170 valence electrons. The Balaban J connectivity index is 1.80. The summed E-state index contributed by atoms with van der Waals surface area (Å²) in [5.74, 6) is 0.756. The maximum absolute atomic E-state index is 13.0. The van der Waals surface area contributed by atoms with E-state index in [0.29, 0.717) is 17.2 Å². The summed E-state index contributed by atoms with van der Waals surface area (Å²) in [5, 5.41) is 3.99. The number of nitrogens with zero attached hydrogens (tertiary/aromatic N) is 2. The van der Waals surface area contributed by atoms with Crippen molar-refractivity contribution >= 4 is 64.1 Å². The van der Waals surface area contributed by atoms with E-state index in [2.05, 4.69) is 48.8 Å². The lowest BCUT2D eigenvalue weighted by Gasteiger charge is -2.19. The first-order valence-corrected chi connectivity index (χ1v) is 14.1. The molecule has 0 fully saturated rings. The molecule has 0 spiro atoms. The van der Waals surface area contributed by atoms with Gasteiger partial charge >= 0.3 is 0 Å². The summed E-state index contributed by atoms with van der Waals surface area (Å²) in [6.45, 7) is 5.12. The number of amidine groups is 1. The van der Waals surface area contributed by atoms with Crippen molar-refractivity contribution < 1.29 is 16.8 Å². The lowest BCUT2D eigenvalue weighted by atomic mass is 10.1. The quantitative estimate of drug-likeness (QED) is 0.483. The molecule has 0 saturated carbocycles. The lowest BCUT2D eigenvalue weighted by molar-refractivity contribution is 0.524. The van der Waals surface area contributed by atoms with E-state index in [4.69, 9.17) is 0 Å². The minimum absolute atomic E-state index is 0.0837. The van der Waals surface area contributed by atoms with Crippen LogP contribution in [-0.2, 0) is 26.6 Å². The van der Waals surface area contributed by atoms with Gasteiger partial charge in [-0.05, 0) is 48.7 Å².